The summed E-state index contributed by atoms with van der Waals surface area (Å²) in [5.41, 5.74) is 0. The number of nitrogens with zero attached hydrogens (tertiary/aromatic N) is 3. The molecule has 1 aliphatic rings. The van der Waals surface area contributed by atoms with Crippen molar-refractivity contribution < 1.29 is 4.79 Å². The van der Waals surface area contributed by atoms with Crippen molar-refractivity contribution in [2.75, 3.05) is 12.8 Å². The monoisotopic (exact) mass is 338 g/mol. The summed E-state index contributed by atoms with van der Waals surface area (Å²) in [7, 11) is 0. The second-order valence-electron chi connectivity index (χ2n) is 6.32. The average molecular weight is 339 g/mol. The molecule has 1 aliphatic carbocycles. The van der Waals surface area contributed by atoms with Gasteiger partial charge in [0.25, 0.3) is 0 Å². The first-order valence-corrected chi connectivity index (χ1v) is 10.2. The van der Waals surface area contributed by atoms with Gasteiger partial charge in [0.15, 0.2) is 5.16 Å². The average Bonchev–Trinajstić information content (AvgIpc) is 3.21. The highest BCUT2D eigenvalue weighted by atomic mass is 32.2. The lowest BCUT2D eigenvalue weighted by Crippen LogP contribution is -2.31. The summed E-state index contributed by atoms with van der Waals surface area (Å²) < 4.78 is 2.35. The van der Waals surface area contributed by atoms with Crippen LogP contribution in [0.4, 0.5) is 0 Å². The fourth-order valence-corrected chi connectivity index (χ4v) is 3.98. The maximum Gasteiger partial charge on any atom is 0.223 e. The minimum absolute atomic E-state index is 0.153. The zero-order chi connectivity index (χ0) is 16.7. The van der Waals surface area contributed by atoms with Crippen molar-refractivity contribution in [3.63, 3.8) is 0 Å². The Hall–Kier alpha value is -1.04. The van der Waals surface area contributed by atoms with Gasteiger partial charge in [0.05, 0.1) is 0 Å². The third-order valence-electron chi connectivity index (χ3n) is 4.84. The molecule has 0 atom stereocenters. The van der Waals surface area contributed by atoms with E-state index in [1.807, 2.05) is 0 Å². The Morgan fingerprint density at radius 2 is 2.00 bits per heavy atom. The predicted molar refractivity (Wildman–Crippen MR) is 94.7 cm³/mol. The molecule has 1 fully saturated rings. The zero-order valence-corrected chi connectivity index (χ0v) is 15.5. The first-order chi connectivity index (χ1) is 11.2. The fourth-order valence-electron chi connectivity index (χ4n) is 3.41. The Labute approximate surface area is 144 Å². The van der Waals surface area contributed by atoms with Gasteiger partial charge >= 0.3 is 0 Å². The molecule has 1 N–H and O–H groups in total. The molecule has 0 spiro atoms. The van der Waals surface area contributed by atoms with Gasteiger partial charge in [0.1, 0.15) is 5.82 Å². The highest BCUT2D eigenvalue weighted by Gasteiger charge is 2.23. The summed E-state index contributed by atoms with van der Waals surface area (Å²) in [6.45, 7) is 4.87. The summed E-state index contributed by atoms with van der Waals surface area (Å²) in [5.74, 6) is 1.43. The van der Waals surface area contributed by atoms with E-state index in [9.17, 15) is 4.79 Å². The minimum atomic E-state index is 0.153. The van der Waals surface area contributed by atoms with E-state index >= 15 is 0 Å². The second kappa shape index (κ2) is 9.30. The van der Waals surface area contributed by atoms with Crippen molar-refractivity contribution >= 4 is 17.7 Å². The van der Waals surface area contributed by atoms with Crippen LogP contribution in [0.5, 0.6) is 0 Å². The maximum atomic E-state index is 12.0. The molecule has 0 radical (unpaired) electrons. The van der Waals surface area contributed by atoms with E-state index in [0.29, 0.717) is 6.04 Å². The molecular formula is C17H30N4OS. The Bertz CT molecular complexity index is 493. The molecule has 1 aromatic rings. The normalized spacial score (nSPS) is 15.5. The molecule has 2 rings (SSSR count). The Morgan fingerprint density at radius 3 is 2.61 bits per heavy atom. The van der Waals surface area contributed by atoms with Gasteiger partial charge in [0.2, 0.25) is 5.91 Å². The topological polar surface area (TPSA) is 59.8 Å². The molecule has 130 valence electrons. The number of hydrogen-bond acceptors (Lipinski definition) is 4. The van der Waals surface area contributed by atoms with Crippen molar-refractivity contribution in [3.05, 3.63) is 5.82 Å². The van der Waals surface area contributed by atoms with Crippen LogP contribution in [-0.2, 0) is 11.2 Å². The zero-order valence-electron chi connectivity index (χ0n) is 14.7. The molecule has 0 aliphatic heterocycles. The molecule has 5 nitrogen and oxygen atoms in total. The van der Waals surface area contributed by atoms with Crippen LogP contribution < -0.4 is 5.32 Å². The van der Waals surface area contributed by atoms with E-state index in [-0.39, 0.29) is 11.8 Å². The van der Waals surface area contributed by atoms with Crippen LogP contribution in [0.15, 0.2) is 5.16 Å². The number of amides is 1. The molecule has 1 saturated carbocycles. The lowest BCUT2D eigenvalue weighted by Gasteiger charge is -2.16. The molecule has 0 saturated heterocycles. The predicted octanol–water partition coefficient (Wildman–Crippen LogP) is 3.60. The van der Waals surface area contributed by atoms with E-state index in [1.165, 1.54) is 25.7 Å². The number of thioether (sulfide) groups is 1. The van der Waals surface area contributed by atoms with Crippen LogP contribution in [0, 0.1) is 5.92 Å². The molecule has 0 bridgehead atoms. The summed E-state index contributed by atoms with van der Waals surface area (Å²) >= 11 is 1.68. The van der Waals surface area contributed by atoms with Crippen LogP contribution in [0.25, 0.3) is 0 Å². The fraction of sp³-hybridized carbons (Fsp3) is 0.824. The molecular weight excluding hydrogens is 308 g/mol. The van der Waals surface area contributed by atoms with Gasteiger partial charge in [0, 0.05) is 24.9 Å². The number of hydrogen-bond donors (Lipinski definition) is 1. The van der Waals surface area contributed by atoms with Gasteiger partial charge in [-0.05, 0) is 38.4 Å². The smallest absolute Gasteiger partial charge is 0.223 e. The van der Waals surface area contributed by atoms with Crippen LogP contribution in [0.3, 0.4) is 0 Å². The van der Waals surface area contributed by atoms with Gasteiger partial charge in [-0.3, -0.25) is 4.79 Å². The number of rotatable bonds is 9. The Kier molecular flexibility index (Phi) is 7.40. The molecule has 1 amide bonds. The highest BCUT2D eigenvalue weighted by molar-refractivity contribution is 7.98. The van der Waals surface area contributed by atoms with E-state index < -0.39 is 0 Å². The molecule has 1 aromatic heterocycles. The van der Waals surface area contributed by atoms with E-state index in [0.717, 1.165) is 43.2 Å². The van der Waals surface area contributed by atoms with Gasteiger partial charge in [-0.2, -0.15) is 0 Å². The van der Waals surface area contributed by atoms with Crippen molar-refractivity contribution in [1.82, 2.24) is 20.1 Å². The van der Waals surface area contributed by atoms with Gasteiger partial charge in [-0.25, -0.2) is 0 Å². The summed E-state index contributed by atoms with van der Waals surface area (Å²) in [5, 5.41) is 12.8. The van der Waals surface area contributed by atoms with Gasteiger partial charge < -0.3 is 9.88 Å². The first kappa shape index (κ1) is 18.3. The van der Waals surface area contributed by atoms with Gasteiger partial charge in [-0.15, -0.1) is 10.2 Å². The third-order valence-corrected chi connectivity index (χ3v) is 5.48. The number of aryl methyl sites for hydroxylation is 1. The minimum Gasteiger partial charge on any atom is -0.356 e. The van der Waals surface area contributed by atoms with Crippen molar-refractivity contribution in [2.45, 2.75) is 76.4 Å². The molecule has 0 unspecified atom stereocenters. The second-order valence-corrected chi connectivity index (χ2v) is 7.09. The van der Waals surface area contributed by atoms with Crippen molar-refractivity contribution in [2.24, 2.45) is 5.92 Å². The summed E-state index contributed by atoms with van der Waals surface area (Å²) in [6.07, 6.45) is 10.8. The summed E-state index contributed by atoms with van der Waals surface area (Å²) in [6, 6.07) is 0.571. The van der Waals surface area contributed by atoms with Crippen molar-refractivity contribution in [1.29, 1.82) is 0 Å². The van der Waals surface area contributed by atoms with Crippen LogP contribution >= 0.6 is 11.8 Å². The standard InChI is InChI=1S/C17H30N4OS/c1-4-13(5-2)16(22)18-12-8-11-15-19-20-17(23-3)21(15)14-9-6-7-10-14/h13-14H,4-12H2,1-3H3,(H,18,22). The number of aromatic nitrogens is 3. The highest BCUT2D eigenvalue weighted by Crippen LogP contribution is 2.33. The molecule has 6 heteroatoms. The lowest BCUT2D eigenvalue weighted by atomic mass is 10.0. The largest absolute Gasteiger partial charge is 0.356 e. The van der Waals surface area contributed by atoms with E-state index in [2.05, 4.69) is 40.2 Å². The van der Waals surface area contributed by atoms with E-state index in [4.69, 9.17) is 0 Å². The van der Waals surface area contributed by atoms with Crippen LogP contribution in [0.1, 0.15) is 70.7 Å². The van der Waals surface area contributed by atoms with E-state index in [1.54, 1.807) is 11.8 Å². The number of nitrogens with one attached hydrogen (secondary N) is 1. The van der Waals surface area contributed by atoms with Crippen LogP contribution in [0.2, 0.25) is 0 Å². The number of carbonyl (C=O) groups is 1. The Balaban J connectivity index is 1.86. The SMILES string of the molecule is CCC(CC)C(=O)NCCCc1nnc(SC)n1C1CCCC1. The Morgan fingerprint density at radius 1 is 1.30 bits per heavy atom. The lowest BCUT2D eigenvalue weighted by molar-refractivity contribution is -0.125. The summed E-state index contributed by atoms with van der Waals surface area (Å²) in [4.78, 5) is 12.0. The van der Waals surface area contributed by atoms with Gasteiger partial charge in [-0.1, -0.05) is 38.5 Å². The third kappa shape index (κ3) is 4.72. The van der Waals surface area contributed by atoms with Crippen LogP contribution in [-0.4, -0.2) is 33.5 Å². The first-order valence-electron chi connectivity index (χ1n) is 8.96. The molecule has 23 heavy (non-hydrogen) atoms. The van der Waals surface area contributed by atoms with Crippen molar-refractivity contribution in [3.8, 4) is 0 Å². The molecule has 1 heterocycles. The number of carbonyl (C=O) groups excluding carboxylic acids is 1. The maximum absolute atomic E-state index is 12.0. The molecule has 0 aromatic carbocycles. The quantitative estimate of drug-likeness (QED) is 0.552.